The predicted molar refractivity (Wildman–Crippen MR) is 176 cm³/mol. The maximum atomic E-state index is 6.30. The van der Waals surface area contributed by atoms with Crippen LogP contribution in [0.15, 0.2) is 148 Å². The largest absolute Gasteiger partial charge is 0.456 e. The molecule has 0 N–H and O–H groups in total. The topological polar surface area (TPSA) is 65.0 Å². The third kappa shape index (κ3) is 3.98. The van der Waals surface area contributed by atoms with Crippen LogP contribution in [-0.2, 0) is 0 Å². The Kier molecular flexibility index (Phi) is 5.43. The van der Waals surface area contributed by atoms with Gasteiger partial charge in [0.15, 0.2) is 17.5 Å². The zero-order valence-electron chi connectivity index (χ0n) is 23.4. The van der Waals surface area contributed by atoms with Crippen LogP contribution in [-0.4, -0.2) is 15.0 Å². The van der Waals surface area contributed by atoms with Crippen LogP contribution < -0.4 is 0 Å². The van der Waals surface area contributed by atoms with Crippen LogP contribution in [0.3, 0.4) is 0 Å². The molecule has 0 saturated heterocycles. The van der Waals surface area contributed by atoms with Gasteiger partial charge in [-0.1, -0.05) is 91.0 Å². The van der Waals surface area contributed by atoms with E-state index >= 15 is 0 Å². The lowest BCUT2D eigenvalue weighted by Gasteiger charge is -2.09. The Balaban J connectivity index is 1.26. The first-order valence-electron chi connectivity index (χ1n) is 14.5. The van der Waals surface area contributed by atoms with Crippen molar-refractivity contribution in [3.63, 3.8) is 0 Å². The number of para-hydroxylation sites is 1. The van der Waals surface area contributed by atoms with E-state index in [4.69, 9.17) is 23.8 Å². The third-order valence-electron chi connectivity index (χ3n) is 8.14. The van der Waals surface area contributed by atoms with E-state index in [0.717, 1.165) is 71.7 Å². The van der Waals surface area contributed by atoms with E-state index in [-0.39, 0.29) is 0 Å². The SMILES string of the molecule is c1ccc(-c2nc(-c3ccc4oc5ccccc5c4c3)nc(-c3ccc4oc5cccc(-c6ccccc6)c5c4c3)n2)cc1. The van der Waals surface area contributed by atoms with Crippen molar-refractivity contribution < 1.29 is 8.83 Å². The molecular weight excluding hydrogens is 542 g/mol. The van der Waals surface area contributed by atoms with Gasteiger partial charge in [0, 0.05) is 38.2 Å². The van der Waals surface area contributed by atoms with Crippen molar-refractivity contribution in [2.45, 2.75) is 0 Å². The maximum absolute atomic E-state index is 6.30. The molecular formula is C39H23N3O2. The first-order chi connectivity index (χ1) is 21.8. The van der Waals surface area contributed by atoms with Crippen molar-refractivity contribution in [3.05, 3.63) is 140 Å². The van der Waals surface area contributed by atoms with E-state index in [1.165, 1.54) is 0 Å². The molecule has 206 valence electrons. The summed E-state index contributed by atoms with van der Waals surface area (Å²) >= 11 is 0. The molecule has 5 nitrogen and oxygen atoms in total. The van der Waals surface area contributed by atoms with Crippen molar-refractivity contribution in [2.24, 2.45) is 0 Å². The number of hydrogen-bond donors (Lipinski definition) is 0. The van der Waals surface area contributed by atoms with E-state index in [9.17, 15) is 0 Å². The van der Waals surface area contributed by atoms with Gasteiger partial charge in [0.05, 0.1) is 0 Å². The number of nitrogens with zero attached hydrogens (tertiary/aromatic N) is 3. The zero-order valence-corrected chi connectivity index (χ0v) is 23.4. The molecule has 0 radical (unpaired) electrons. The molecule has 44 heavy (non-hydrogen) atoms. The summed E-state index contributed by atoms with van der Waals surface area (Å²) in [6.45, 7) is 0. The summed E-state index contributed by atoms with van der Waals surface area (Å²) in [6, 6.07) is 47.0. The monoisotopic (exact) mass is 565 g/mol. The van der Waals surface area contributed by atoms with E-state index < -0.39 is 0 Å². The molecule has 3 aromatic heterocycles. The van der Waals surface area contributed by atoms with Crippen LogP contribution >= 0.6 is 0 Å². The Morgan fingerprint density at radius 1 is 0.341 bits per heavy atom. The van der Waals surface area contributed by atoms with Gasteiger partial charge in [0.25, 0.3) is 0 Å². The highest BCUT2D eigenvalue weighted by Crippen LogP contribution is 2.38. The standard InChI is InChI=1S/C39H23N3O2/c1-3-10-24(11-4-1)28-15-9-17-35-36(28)31-23-27(19-21-34(31)44-35)39-41-37(25-12-5-2-6-13-25)40-38(42-39)26-18-20-33-30(22-26)29-14-7-8-16-32(29)43-33/h1-23H. The number of hydrogen-bond acceptors (Lipinski definition) is 5. The van der Waals surface area contributed by atoms with Gasteiger partial charge in [-0.05, 0) is 59.7 Å². The molecule has 3 heterocycles. The number of aromatic nitrogens is 3. The lowest BCUT2D eigenvalue weighted by atomic mass is 9.99. The Morgan fingerprint density at radius 2 is 0.864 bits per heavy atom. The van der Waals surface area contributed by atoms with Crippen LogP contribution in [0, 0.1) is 0 Å². The average molecular weight is 566 g/mol. The normalized spacial score (nSPS) is 11.6. The number of fused-ring (bicyclic) bond motifs is 6. The predicted octanol–water partition coefficient (Wildman–Crippen LogP) is 10.3. The molecule has 6 aromatic carbocycles. The molecule has 0 bridgehead atoms. The summed E-state index contributed by atoms with van der Waals surface area (Å²) in [4.78, 5) is 15.0. The molecule has 0 spiro atoms. The lowest BCUT2D eigenvalue weighted by Crippen LogP contribution is -2.00. The fourth-order valence-corrected chi connectivity index (χ4v) is 6.04. The molecule has 0 aliphatic heterocycles. The van der Waals surface area contributed by atoms with E-state index in [2.05, 4.69) is 48.5 Å². The molecule has 0 aliphatic carbocycles. The van der Waals surface area contributed by atoms with Crippen molar-refractivity contribution in [1.29, 1.82) is 0 Å². The van der Waals surface area contributed by atoms with Crippen molar-refractivity contribution in [2.75, 3.05) is 0 Å². The Labute approximate surface area is 252 Å². The molecule has 0 amide bonds. The summed E-state index contributed by atoms with van der Waals surface area (Å²) in [5, 5.41) is 4.19. The minimum atomic E-state index is 0.597. The zero-order chi connectivity index (χ0) is 29.0. The van der Waals surface area contributed by atoms with Crippen molar-refractivity contribution in [1.82, 2.24) is 15.0 Å². The molecule has 9 aromatic rings. The first kappa shape index (κ1) is 24.5. The summed E-state index contributed by atoms with van der Waals surface area (Å²) in [7, 11) is 0. The van der Waals surface area contributed by atoms with Crippen LogP contribution in [0.4, 0.5) is 0 Å². The molecule has 5 heteroatoms. The molecule has 0 atom stereocenters. The number of benzene rings is 6. The molecule has 0 fully saturated rings. The minimum absolute atomic E-state index is 0.597. The Bertz CT molecular complexity index is 2500. The second kappa shape index (κ2) is 9.75. The number of furan rings is 2. The maximum Gasteiger partial charge on any atom is 0.164 e. The summed E-state index contributed by atoms with van der Waals surface area (Å²) in [6.07, 6.45) is 0. The van der Waals surface area contributed by atoms with Gasteiger partial charge in [-0.2, -0.15) is 0 Å². The lowest BCUT2D eigenvalue weighted by molar-refractivity contribution is 0.668. The third-order valence-corrected chi connectivity index (χ3v) is 8.14. The average Bonchev–Trinajstić information content (AvgIpc) is 3.66. The molecule has 0 unspecified atom stereocenters. The quantitative estimate of drug-likeness (QED) is 0.212. The highest BCUT2D eigenvalue weighted by molar-refractivity contribution is 6.13. The van der Waals surface area contributed by atoms with Gasteiger partial charge < -0.3 is 8.83 Å². The summed E-state index contributed by atoms with van der Waals surface area (Å²) in [5.41, 5.74) is 8.33. The van der Waals surface area contributed by atoms with Crippen LogP contribution in [0.25, 0.3) is 89.2 Å². The summed E-state index contributed by atoms with van der Waals surface area (Å²) in [5.74, 6) is 1.81. The second-order valence-electron chi connectivity index (χ2n) is 10.8. The Morgan fingerprint density at radius 3 is 1.59 bits per heavy atom. The summed E-state index contributed by atoms with van der Waals surface area (Å²) < 4.78 is 12.4. The van der Waals surface area contributed by atoms with Gasteiger partial charge in [0.2, 0.25) is 0 Å². The number of rotatable bonds is 4. The first-order valence-corrected chi connectivity index (χ1v) is 14.5. The second-order valence-corrected chi connectivity index (χ2v) is 10.8. The smallest absolute Gasteiger partial charge is 0.164 e. The van der Waals surface area contributed by atoms with Gasteiger partial charge in [0.1, 0.15) is 22.3 Å². The van der Waals surface area contributed by atoms with Crippen molar-refractivity contribution >= 4 is 43.9 Å². The van der Waals surface area contributed by atoms with Crippen LogP contribution in [0.1, 0.15) is 0 Å². The highest BCUT2D eigenvalue weighted by Gasteiger charge is 2.17. The molecule has 0 aliphatic rings. The van der Waals surface area contributed by atoms with E-state index in [0.29, 0.717) is 17.5 Å². The molecule has 9 rings (SSSR count). The minimum Gasteiger partial charge on any atom is -0.456 e. The highest BCUT2D eigenvalue weighted by atomic mass is 16.3. The van der Waals surface area contributed by atoms with Gasteiger partial charge in [-0.25, -0.2) is 15.0 Å². The fraction of sp³-hybridized carbons (Fsp3) is 0. The van der Waals surface area contributed by atoms with Crippen LogP contribution in [0.5, 0.6) is 0 Å². The Hall–Kier alpha value is -6.07. The van der Waals surface area contributed by atoms with E-state index in [1.807, 2.05) is 91.0 Å². The van der Waals surface area contributed by atoms with E-state index in [1.54, 1.807) is 0 Å². The van der Waals surface area contributed by atoms with Gasteiger partial charge in [-0.15, -0.1) is 0 Å². The van der Waals surface area contributed by atoms with Gasteiger partial charge in [-0.3, -0.25) is 0 Å². The van der Waals surface area contributed by atoms with Gasteiger partial charge >= 0.3 is 0 Å². The van der Waals surface area contributed by atoms with Crippen molar-refractivity contribution in [3.8, 4) is 45.3 Å². The molecule has 0 saturated carbocycles. The fourth-order valence-electron chi connectivity index (χ4n) is 6.04. The van der Waals surface area contributed by atoms with Crippen LogP contribution in [0.2, 0.25) is 0 Å².